The van der Waals surface area contributed by atoms with E-state index in [9.17, 15) is 4.39 Å². The van der Waals surface area contributed by atoms with Crippen LogP contribution in [0.25, 0.3) is 0 Å². The van der Waals surface area contributed by atoms with Crippen LogP contribution in [0.2, 0.25) is 5.28 Å². The van der Waals surface area contributed by atoms with Crippen molar-refractivity contribution < 1.29 is 9.13 Å². The van der Waals surface area contributed by atoms with Crippen molar-refractivity contribution in [2.24, 2.45) is 0 Å². The highest BCUT2D eigenvalue weighted by Crippen LogP contribution is 2.26. The summed E-state index contributed by atoms with van der Waals surface area (Å²) in [4.78, 5) is 12.3. The predicted octanol–water partition coefficient (Wildman–Crippen LogP) is 2.82. The zero-order valence-electron chi connectivity index (χ0n) is 8.72. The fraction of sp³-hybridized carbons (Fsp3) is 0.100. The monoisotopic (exact) mass is 271 g/mol. The van der Waals surface area contributed by atoms with E-state index in [-0.39, 0.29) is 17.1 Å². The molecule has 0 bridgehead atoms. The first kappa shape index (κ1) is 12.1. The smallest absolute Gasteiger partial charge is 0.321 e. The van der Waals surface area contributed by atoms with Gasteiger partial charge in [-0.2, -0.15) is 15.0 Å². The predicted molar refractivity (Wildman–Crippen MR) is 61.9 cm³/mol. The largest absolute Gasteiger partial charge is 0.467 e. The molecule has 0 aliphatic carbocycles. The molecule has 1 aromatic heterocycles. The van der Waals surface area contributed by atoms with Crippen molar-refractivity contribution in [3.63, 3.8) is 0 Å². The van der Waals surface area contributed by atoms with Gasteiger partial charge in [0.15, 0.2) is 5.16 Å². The standard InChI is InChI=1S/C10H7ClFN3OS/c1-16-9-13-8(11)14-10(15-9)17-7-4-2-3-6(12)5-7/h2-5H,1H3. The van der Waals surface area contributed by atoms with Crippen LogP contribution < -0.4 is 4.74 Å². The molecule has 0 atom stereocenters. The molecule has 0 aliphatic heterocycles. The molecule has 4 nitrogen and oxygen atoms in total. The Morgan fingerprint density at radius 1 is 1.29 bits per heavy atom. The second-order valence-corrected chi connectivity index (χ2v) is 4.31. The van der Waals surface area contributed by atoms with Crippen LogP contribution in [0, 0.1) is 5.82 Å². The Bertz CT molecular complexity index is 541. The van der Waals surface area contributed by atoms with Crippen LogP contribution in [-0.2, 0) is 0 Å². The molecule has 0 spiro atoms. The van der Waals surface area contributed by atoms with Crippen molar-refractivity contribution in [1.82, 2.24) is 15.0 Å². The van der Waals surface area contributed by atoms with E-state index in [2.05, 4.69) is 15.0 Å². The van der Waals surface area contributed by atoms with Crippen LogP contribution in [0.3, 0.4) is 0 Å². The second-order valence-electron chi connectivity index (χ2n) is 2.93. The number of ether oxygens (including phenoxy) is 1. The molecule has 0 radical (unpaired) electrons. The Labute approximate surface area is 106 Å². The third-order valence-electron chi connectivity index (χ3n) is 1.75. The van der Waals surface area contributed by atoms with Gasteiger partial charge in [0.25, 0.3) is 0 Å². The first-order valence-electron chi connectivity index (χ1n) is 4.56. The van der Waals surface area contributed by atoms with E-state index in [4.69, 9.17) is 16.3 Å². The molecule has 17 heavy (non-hydrogen) atoms. The molecule has 1 heterocycles. The molecule has 0 saturated heterocycles. The number of hydrogen-bond donors (Lipinski definition) is 0. The minimum absolute atomic E-state index is 0.0377. The third-order valence-corrected chi connectivity index (χ3v) is 2.78. The van der Waals surface area contributed by atoms with Crippen molar-refractivity contribution >= 4 is 23.4 Å². The molecule has 7 heteroatoms. The first-order valence-corrected chi connectivity index (χ1v) is 5.76. The van der Waals surface area contributed by atoms with E-state index >= 15 is 0 Å². The highest BCUT2D eigenvalue weighted by molar-refractivity contribution is 7.99. The summed E-state index contributed by atoms with van der Waals surface area (Å²) >= 11 is 6.88. The number of benzene rings is 1. The molecule has 0 saturated carbocycles. The Hall–Kier alpha value is -1.40. The van der Waals surface area contributed by atoms with Gasteiger partial charge >= 0.3 is 6.01 Å². The number of hydrogen-bond acceptors (Lipinski definition) is 5. The molecular formula is C10H7ClFN3OS. The Balaban J connectivity index is 2.26. The van der Waals surface area contributed by atoms with Gasteiger partial charge < -0.3 is 4.74 Å². The highest BCUT2D eigenvalue weighted by atomic mass is 35.5. The van der Waals surface area contributed by atoms with E-state index in [0.717, 1.165) is 0 Å². The molecule has 88 valence electrons. The summed E-state index contributed by atoms with van der Waals surface area (Å²) in [5.74, 6) is -0.317. The van der Waals surface area contributed by atoms with Crippen molar-refractivity contribution in [1.29, 1.82) is 0 Å². The van der Waals surface area contributed by atoms with Crippen molar-refractivity contribution in [3.05, 3.63) is 35.4 Å². The van der Waals surface area contributed by atoms with Gasteiger partial charge in [0.1, 0.15) is 5.82 Å². The molecule has 0 N–H and O–H groups in total. The van der Waals surface area contributed by atoms with Gasteiger partial charge in [0.2, 0.25) is 5.28 Å². The number of nitrogens with zero attached hydrogens (tertiary/aromatic N) is 3. The summed E-state index contributed by atoms with van der Waals surface area (Å²) in [6, 6.07) is 6.24. The Kier molecular flexibility index (Phi) is 3.75. The fourth-order valence-corrected chi connectivity index (χ4v) is 2.07. The summed E-state index contributed by atoms with van der Waals surface area (Å²) in [7, 11) is 1.43. The lowest BCUT2D eigenvalue weighted by atomic mass is 10.4. The lowest BCUT2D eigenvalue weighted by Crippen LogP contribution is -1.96. The number of rotatable bonds is 3. The Morgan fingerprint density at radius 2 is 2.12 bits per heavy atom. The quantitative estimate of drug-likeness (QED) is 0.859. The van der Waals surface area contributed by atoms with E-state index in [1.165, 1.54) is 31.0 Å². The molecular weight excluding hydrogens is 265 g/mol. The van der Waals surface area contributed by atoms with Crippen LogP contribution in [0.1, 0.15) is 0 Å². The van der Waals surface area contributed by atoms with Gasteiger partial charge in [0.05, 0.1) is 7.11 Å². The zero-order valence-corrected chi connectivity index (χ0v) is 10.3. The number of halogens is 2. The maximum atomic E-state index is 13.0. The molecule has 0 fully saturated rings. The Morgan fingerprint density at radius 3 is 2.82 bits per heavy atom. The van der Waals surface area contributed by atoms with Gasteiger partial charge in [-0.3, -0.25) is 0 Å². The SMILES string of the molecule is COc1nc(Cl)nc(Sc2cccc(F)c2)n1. The first-order chi connectivity index (χ1) is 8.17. The van der Waals surface area contributed by atoms with Crippen molar-refractivity contribution in [3.8, 4) is 6.01 Å². The summed E-state index contributed by atoms with van der Waals surface area (Å²) in [5.41, 5.74) is 0. The van der Waals surface area contributed by atoms with Gasteiger partial charge in [-0.1, -0.05) is 6.07 Å². The number of methoxy groups -OCH3 is 1. The summed E-state index contributed by atoms with van der Waals surface area (Å²) in [6.45, 7) is 0. The lowest BCUT2D eigenvalue weighted by molar-refractivity contribution is 0.373. The third kappa shape index (κ3) is 3.28. The van der Waals surface area contributed by atoms with Crippen LogP contribution in [0.15, 0.2) is 34.3 Å². The van der Waals surface area contributed by atoms with E-state index in [1.807, 2.05) is 0 Å². The zero-order chi connectivity index (χ0) is 12.3. The maximum Gasteiger partial charge on any atom is 0.321 e. The molecule has 2 aromatic rings. The van der Waals surface area contributed by atoms with Gasteiger partial charge in [-0.15, -0.1) is 0 Å². The van der Waals surface area contributed by atoms with Crippen LogP contribution in [0.4, 0.5) is 4.39 Å². The van der Waals surface area contributed by atoms with Crippen LogP contribution in [0.5, 0.6) is 6.01 Å². The molecule has 2 rings (SSSR count). The van der Waals surface area contributed by atoms with Crippen LogP contribution in [-0.4, -0.2) is 22.1 Å². The average Bonchev–Trinajstić information content (AvgIpc) is 2.28. The van der Waals surface area contributed by atoms with Gasteiger partial charge in [0, 0.05) is 4.90 Å². The minimum atomic E-state index is -0.317. The van der Waals surface area contributed by atoms with Gasteiger partial charge in [-0.25, -0.2) is 4.39 Å². The van der Waals surface area contributed by atoms with Crippen molar-refractivity contribution in [2.45, 2.75) is 10.1 Å². The fourth-order valence-electron chi connectivity index (χ4n) is 1.09. The van der Waals surface area contributed by atoms with E-state index < -0.39 is 0 Å². The van der Waals surface area contributed by atoms with E-state index in [1.54, 1.807) is 12.1 Å². The normalized spacial score (nSPS) is 10.3. The summed E-state index contributed by atoms with van der Waals surface area (Å²) < 4.78 is 17.8. The molecule has 1 aromatic carbocycles. The highest BCUT2D eigenvalue weighted by Gasteiger charge is 2.07. The minimum Gasteiger partial charge on any atom is -0.467 e. The summed E-state index contributed by atoms with van der Waals surface area (Å²) in [5, 5.41) is 0.392. The van der Waals surface area contributed by atoms with E-state index in [0.29, 0.717) is 10.1 Å². The number of aromatic nitrogens is 3. The van der Waals surface area contributed by atoms with Gasteiger partial charge in [-0.05, 0) is 41.6 Å². The molecule has 0 unspecified atom stereocenters. The van der Waals surface area contributed by atoms with Crippen LogP contribution >= 0.6 is 23.4 Å². The molecule has 0 amide bonds. The lowest BCUT2D eigenvalue weighted by Gasteiger charge is -2.02. The summed E-state index contributed by atoms with van der Waals surface area (Å²) in [6.07, 6.45) is 0. The van der Waals surface area contributed by atoms with Crippen molar-refractivity contribution in [2.75, 3.05) is 7.11 Å². The second kappa shape index (κ2) is 5.29. The topological polar surface area (TPSA) is 47.9 Å². The molecule has 0 aliphatic rings. The maximum absolute atomic E-state index is 13.0. The average molecular weight is 272 g/mol.